The summed E-state index contributed by atoms with van der Waals surface area (Å²) in [7, 11) is 0. The molecule has 0 aromatic carbocycles. The molecule has 0 aliphatic heterocycles. The van der Waals surface area contributed by atoms with Gasteiger partial charge in [-0.3, -0.25) is 4.79 Å². The zero-order chi connectivity index (χ0) is 12.5. The van der Waals surface area contributed by atoms with Crippen molar-refractivity contribution in [3.63, 3.8) is 0 Å². The quantitative estimate of drug-likeness (QED) is 0.812. The lowest BCUT2D eigenvalue weighted by Crippen LogP contribution is -2.37. The Bertz CT molecular complexity index is 546. The molecule has 0 radical (unpaired) electrons. The number of carbonyl (C=O) groups is 1. The third-order valence-corrected chi connectivity index (χ3v) is 2.64. The Kier molecular flexibility index (Phi) is 2.71. The third-order valence-electron chi connectivity index (χ3n) is 2.64. The van der Waals surface area contributed by atoms with Crippen LogP contribution in [-0.2, 0) is 4.79 Å². The van der Waals surface area contributed by atoms with Gasteiger partial charge in [0.2, 0.25) is 5.91 Å². The molecule has 2 heterocycles. The lowest BCUT2D eigenvalue weighted by molar-refractivity contribution is -0.125. The van der Waals surface area contributed by atoms with Crippen LogP contribution in [0.1, 0.15) is 13.8 Å². The first-order valence-electron chi connectivity index (χ1n) is 5.33. The smallest absolute Gasteiger partial charge is 0.224 e. The number of hydrogen-bond acceptors (Lipinski definition) is 4. The number of nitrogens with zero attached hydrogens (tertiary/aromatic N) is 3. The predicted octanol–water partition coefficient (Wildman–Crippen LogP) is 0.653. The summed E-state index contributed by atoms with van der Waals surface area (Å²) >= 11 is 0. The Hall–Kier alpha value is -2.11. The fourth-order valence-corrected chi connectivity index (χ4v) is 1.31. The Balaban J connectivity index is 2.11. The van der Waals surface area contributed by atoms with Gasteiger partial charge in [0, 0.05) is 18.8 Å². The van der Waals surface area contributed by atoms with E-state index in [0.717, 1.165) is 5.65 Å². The van der Waals surface area contributed by atoms with Gasteiger partial charge in [-0.05, 0) is 19.9 Å². The maximum atomic E-state index is 11.2. The van der Waals surface area contributed by atoms with Crippen molar-refractivity contribution in [2.45, 2.75) is 13.8 Å². The van der Waals surface area contributed by atoms with Crippen molar-refractivity contribution in [3.8, 4) is 0 Å². The summed E-state index contributed by atoms with van der Waals surface area (Å²) in [5.41, 5.74) is 5.45. The molecule has 3 N–H and O–H groups in total. The highest BCUT2D eigenvalue weighted by molar-refractivity contribution is 5.80. The van der Waals surface area contributed by atoms with E-state index < -0.39 is 5.41 Å². The minimum Gasteiger partial charge on any atom is -0.369 e. The van der Waals surface area contributed by atoms with E-state index in [4.69, 9.17) is 5.73 Å². The molecule has 17 heavy (non-hydrogen) atoms. The molecule has 0 unspecified atom stereocenters. The first-order valence-corrected chi connectivity index (χ1v) is 5.33. The zero-order valence-electron chi connectivity index (χ0n) is 9.84. The molecule has 2 aromatic rings. The van der Waals surface area contributed by atoms with Crippen LogP contribution in [0.25, 0.3) is 5.65 Å². The van der Waals surface area contributed by atoms with Crippen LogP contribution < -0.4 is 11.1 Å². The van der Waals surface area contributed by atoms with Crippen molar-refractivity contribution in [3.05, 3.63) is 24.5 Å². The molecule has 0 aliphatic rings. The molecule has 0 saturated carbocycles. The van der Waals surface area contributed by atoms with Gasteiger partial charge in [-0.2, -0.15) is 5.10 Å². The molecular formula is C11H15N5O. The molecule has 0 bridgehead atoms. The average molecular weight is 233 g/mol. The molecule has 90 valence electrons. The van der Waals surface area contributed by atoms with Gasteiger partial charge in [0.1, 0.15) is 5.82 Å². The Labute approximate surface area is 98.8 Å². The molecule has 2 rings (SSSR count). The van der Waals surface area contributed by atoms with E-state index in [2.05, 4.69) is 15.4 Å². The molecular weight excluding hydrogens is 218 g/mol. The summed E-state index contributed by atoms with van der Waals surface area (Å²) in [6.45, 7) is 4.03. The second-order valence-electron chi connectivity index (χ2n) is 4.55. The van der Waals surface area contributed by atoms with Crippen LogP contribution in [0.15, 0.2) is 24.5 Å². The summed E-state index contributed by atoms with van der Waals surface area (Å²) in [6.07, 6.45) is 3.49. The van der Waals surface area contributed by atoms with Crippen molar-refractivity contribution in [2.24, 2.45) is 11.1 Å². The van der Waals surface area contributed by atoms with Gasteiger partial charge in [-0.15, -0.1) is 0 Å². The Morgan fingerprint density at radius 1 is 1.53 bits per heavy atom. The second kappa shape index (κ2) is 4.04. The second-order valence-corrected chi connectivity index (χ2v) is 4.55. The van der Waals surface area contributed by atoms with E-state index in [1.165, 1.54) is 0 Å². The van der Waals surface area contributed by atoms with Crippen molar-refractivity contribution < 1.29 is 4.79 Å². The first kappa shape index (κ1) is 11.4. The van der Waals surface area contributed by atoms with Crippen LogP contribution in [0, 0.1) is 5.41 Å². The Morgan fingerprint density at radius 2 is 2.29 bits per heavy atom. The number of primary amides is 1. The van der Waals surface area contributed by atoms with E-state index in [-0.39, 0.29) is 5.91 Å². The number of fused-ring (bicyclic) bond motifs is 1. The average Bonchev–Trinajstić information content (AvgIpc) is 2.73. The summed E-state index contributed by atoms with van der Waals surface area (Å²) < 4.78 is 1.67. The standard InChI is InChI=1S/C11H15N5O/c1-11(2,10(12)17)7-13-8-4-6-16-9(15-8)3-5-14-16/h3-6H,7H2,1-2H3,(H2,12,17)(H,13,15). The van der Waals surface area contributed by atoms with E-state index in [1.807, 2.05) is 12.3 Å². The summed E-state index contributed by atoms with van der Waals surface area (Å²) in [5, 5.41) is 7.14. The van der Waals surface area contributed by atoms with Crippen molar-refractivity contribution in [2.75, 3.05) is 11.9 Å². The number of rotatable bonds is 4. The van der Waals surface area contributed by atoms with Gasteiger partial charge < -0.3 is 11.1 Å². The van der Waals surface area contributed by atoms with Crippen molar-refractivity contribution in [1.29, 1.82) is 0 Å². The molecule has 0 fully saturated rings. The normalized spacial score (nSPS) is 11.6. The van der Waals surface area contributed by atoms with E-state index in [0.29, 0.717) is 12.4 Å². The third kappa shape index (κ3) is 2.35. The number of nitrogens with one attached hydrogen (secondary N) is 1. The maximum absolute atomic E-state index is 11.2. The molecule has 0 aliphatic carbocycles. The van der Waals surface area contributed by atoms with E-state index >= 15 is 0 Å². The predicted molar refractivity (Wildman–Crippen MR) is 64.5 cm³/mol. The molecule has 6 nitrogen and oxygen atoms in total. The van der Waals surface area contributed by atoms with Gasteiger partial charge in [-0.25, -0.2) is 9.50 Å². The zero-order valence-corrected chi connectivity index (χ0v) is 9.84. The molecule has 0 spiro atoms. The number of nitrogens with two attached hydrogens (primary N) is 1. The largest absolute Gasteiger partial charge is 0.369 e. The lowest BCUT2D eigenvalue weighted by atomic mass is 9.93. The number of carbonyl (C=O) groups excluding carboxylic acids is 1. The van der Waals surface area contributed by atoms with Gasteiger partial charge >= 0.3 is 0 Å². The summed E-state index contributed by atoms with van der Waals surface area (Å²) in [4.78, 5) is 15.5. The van der Waals surface area contributed by atoms with Gasteiger partial charge in [0.05, 0.1) is 11.6 Å². The topological polar surface area (TPSA) is 85.3 Å². The summed E-state index contributed by atoms with van der Waals surface area (Å²) in [5.74, 6) is 0.364. The lowest BCUT2D eigenvalue weighted by Gasteiger charge is -2.20. The van der Waals surface area contributed by atoms with Crippen LogP contribution in [-0.4, -0.2) is 27.0 Å². The molecule has 6 heteroatoms. The molecule has 0 saturated heterocycles. The van der Waals surface area contributed by atoms with Crippen LogP contribution in [0.3, 0.4) is 0 Å². The van der Waals surface area contributed by atoms with Crippen LogP contribution >= 0.6 is 0 Å². The Morgan fingerprint density at radius 3 is 3.00 bits per heavy atom. The van der Waals surface area contributed by atoms with Gasteiger partial charge in [0.15, 0.2) is 5.65 Å². The highest BCUT2D eigenvalue weighted by atomic mass is 16.1. The van der Waals surface area contributed by atoms with Crippen LogP contribution in [0.5, 0.6) is 0 Å². The number of anilines is 1. The van der Waals surface area contributed by atoms with Crippen molar-refractivity contribution >= 4 is 17.4 Å². The highest BCUT2D eigenvalue weighted by Gasteiger charge is 2.24. The van der Waals surface area contributed by atoms with E-state index in [9.17, 15) is 4.79 Å². The van der Waals surface area contributed by atoms with Crippen LogP contribution in [0.4, 0.5) is 5.82 Å². The fourth-order valence-electron chi connectivity index (χ4n) is 1.31. The molecule has 2 aromatic heterocycles. The first-order chi connectivity index (χ1) is 7.99. The SMILES string of the molecule is CC(C)(CNc1ccn2nccc2n1)C(N)=O. The maximum Gasteiger partial charge on any atom is 0.224 e. The monoisotopic (exact) mass is 233 g/mol. The number of aromatic nitrogens is 3. The van der Waals surface area contributed by atoms with Crippen molar-refractivity contribution in [1.82, 2.24) is 14.6 Å². The fraction of sp³-hybridized carbons (Fsp3) is 0.364. The van der Waals surface area contributed by atoms with E-state index in [1.54, 1.807) is 30.6 Å². The molecule has 1 amide bonds. The number of hydrogen-bond donors (Lipinski definition) is 2. The molecule has 0 atom stereocenters. The minimum absolute atomic E-state index is 0.338. The minimum atomic E-state index is -0.603. The van der Waals surface area contributed by atoms with Gasteiger partial charge in [0.25, 0.3) is 0 Å². The number of amides is 1. The highest BCUT2D eigenvalue weighted by Crippen LogP contribution is 2.15. The van der Waals surface area contributed by atoms with Gasteiger partial charge in [-0.1, -0.05) is 0 Å². The summed E-state index contributed by atoms with van der Waals surface area (Å²) in [6, 6.07) is 3.61. The van der Waals surface area contributed by atoms with Crippen LogP contribution in [0.2, 0.25) is 0 Å².